The molecule has 7 heteroatoms. The van der Waals surface area contributed by atoms with Crippen molar-refractivity contribution in [1.82, 2.24) is 10.3 Å². The Hall–Kier alpha value is -2.50. The van der Waals surface area contributed by atoms with Gasteiger partial charge in [-0.05, 0) is 49.8 Å². The molecule has 1 aliphatic rings. The molecule has 1 aliphatic carbocycles. The van der Waals surface area contributed by atoms with Gasteiger partial charge in [-0.2, -0.15) is 0 Å². The third-order valence-electron chi connectivity index (χ3n) is 6.12. The number of nitrogens with zero attached hydrogens (tertiary/aromatic N) is 2. The molecule has 1 amide bonds. The minimum Gasteiger partial charge on any atom is -0.377 e. The van der Waals surface area contributed by atoms with Crippen molar-refractivity contribution in [3.8, 4) is 0 Å². The van der Waals surface area contributed by atoms with E-state index in [0.29, 0.717) is 34.1 Å². The molecule has 0 radical (unpaired) electrons. The fourth-order valence-electron chi connectivity index (χ4n) is 4.36. The summed E-state index contributed by atoms with van der Waals surface area (Å²) in [5, 5.41) is 8.55. The Morgan fingerprint density at radius 1 is 1.03 bits per heavy atom. The monoisotopic (exact) mass is 470 g/mol. The second-order valence-electron chi connectivity index (χ2n) is 8.61. The van der Waals surface area contributed by atoms with E-state index in [9.17, 15) is 4.79 Å². The number of carbonyl (C=O) groups excluding carboxylic acids is 1. The van der Waals surface area contributed by atoms with Gasteiger partial charge in [-0.1, -0.05) is 47.5 Å². The Balaban J connectivity index is 1.33. The van der Waals surface area contributed by atoms with Crippen LogP contribution in [0.5, 0.6) is 0 Å². The van der Waals surface area contributed by atoms with Crippen molar-refractivity contribution in [3.05, 3.63) is 64.1 Å². The SMILES string of the molecule is CN(C)c1cc(N[C@H]2CC[C@@H](CNC(=O)c3c(Cl)cccc3Cl)CC2)nc2ccccc12. The van der Waals surface area contributed by atoms with Crippen LogP contribution in [0.2, 0.25) is 10.0 Å². The summed E-state index contributed by atoms with van der Waals surface area (Å²) < 4.78 is 0. The van der Waals surface area contributed by atoms with Crippen molar-refractivity contribution in [2.75, 3.05) is 30.9 Å². The van der Waals surface area contributed by atoms with Crippen molar-refractivity contribution in [2.45, 2.75) is 31.7 Å². The van der Waals surface area contributed by atoms with Crippen LogP contribution in [0.15, 0.2) is 48.5 Å². The van der Waals surface area contributed by atoms with E-state index in [4.69, 9.17) is 28.2 Å². The molecule has 2 aromatic carbocycles. The third kappa shape index (κ3) is 5.11. The minimum absolute atomic E-state index is 0.211. The van der Waals surface area contributed by atoms with Crippen molar-refractivity contribution < 1.29 is 4.79 Å². The molecule has 0 spiro atoms. The summed E-state index contributed by atoms with van der Waals surface area (Å²) in [5.74, 6) is 1.15. The van der Waals surface area contributed by atoms with E-state index >= 15 is 0 Å². The van der Waals surface area contributed by atoms with Crippen molar-refractivity contribution in [1.29, 1.82) is 0 Å². The number of pyridine rings is 1. The highest BCUT2D eigenvalue weighted by molar-refractivity contribution is 6.39. The fraction of sp³-hybridized carbons (Fsp3) is 0.360. The molecular weight excluding hydrogens is 443 g/mol. The van der Waals surface area contributed by atoms with Gasteiger partial charge in [-0.15, -0.1) is 0 Å². The van der Waals surface area contributed by atoms with Crippen LogP contribution in [0.25, 0.3) is 10.9 Å². The third-order valence-corrected chi connectivity index (χ3v) is 6.75. The number of amides is 1. The van der Waals surface area contributed by atoms with Crippen molar-refractivity contribution >= 4 is 51.5 Å². The van der Waals surface area contributed by atoms with E-state index in [1.54, 1.807) is 18.2 Å². The Labute approximate surface area is 199 Å². The van der Waals surface area contributed by atoms with Crippen LogP contribution in [0.1, 0.15) is 36.0 Å². The maximum absolute atomic E-state index is 12.5. The molecule has 3 aromatic rings. The van der Waals surface area contributed by atoms with Crippen LogP contribution in [0.4, 0.5) is 11.5 Å². The molecule has 32 heavy (non-hydrogen) atoms. The Kier molecular flexibility index (Phi) is 7.07. The Morgan fingerprint density at radius 3 is 2.41 bits per heavy atom. The number of rotatable bonds is 6. The number of anilines is 2. The lowest BCUT2D eigenvalue weighted by molar-refractivity contribution is 0.0943. The van der Waals surface area contributed by atoms with Gasteiger partial charge in [0.15, 0.2) is 0 Å². The average Bonchev–Trinajstić information content (AvgIpc) is 2.78. The van der Waals surface area contributed by atoms with Gasteiger partial charge >= 0.3 is 0 Å². The number of fused-ring (bicyclic) bond motifs is 1. The number of halogens is 2. The summed E-state index contributed by atoms with van der Waals surface area (Å²) in [7, 11) is 4.11. The smallest absolute Gasteiger partial charge is 0.254 e. The second kappa shape index (κ2) is 9.97. The van der Waals surface area contributed by atoms with Crippen molar-refractivity contribution in [2.24, 2.45) is 5.92 Å². The van der Waals surface area contributed by atoms with Gasteiger partial charge in [0.1, 0.15) is 5.82 Å². The minimum atomic E-state index is -0.211. The number of aromatic nitrogens is 1. The number of carbonyl (C=O) groups is 1. The maximum Gasteiger partial charge on any atom is 0.254 e. The summed E-state index contributed by atoms with van der Waals surface area (Å²) in [6.07, 6.45) is 4.17. The van der Waals surface area contributed by atoms with Crippen LogP contribution in [0, 0.1) is 5.92 Å². The lowest BCUT2D eigenvalue weighted by Gasteiger charge is -2.30. The molecule has 0 aliphatic heterocycles. The van der Waals surface area contributed by atoms with Crippen LogP contribution in [-0.4, -0.2) is 37.6 Å². The molecule has 1 heterocycles. The largest absolute Gasteiger partial charge is 0.377 e. The van der Waals surface area contributed by atoms with E-state index in [0.717, 1.165) is 48.1 Å². The number of para-hydroxylation sites is 1. The first-order valence-electron chi connectivity index (χ1n) is 11.0. The molecule has 0 saturated heterocycles. The highest BCUT2D eigenvalue weighted by atomic mass is 35.5. The lowest BCUT2D eigenvalue weighted by atomic mass is 9.86. The molecular formula is C25H28Cl2N4O. The zero-order chi connectivity index (χ0) is 22.7. The van der Waals surface area contributed by atoms with Crippen LogP contribution >= 0.6 is 23.2 Å². The highest BCUT2D eigenvalue weighted by Gasteiger charge is 2.23. The number of hydrogen-bond donors (Lipinski definition) is 2. The Morgan fingerprint density at radius 2 is 1.72 bits per heavy atom. The fourth-order valence-corrected chi connectivity index (χ4v) is 4.93. The zero-order valence-corrected chi connectivity index (χ0v) is 19.9. The number of hydrogen-bond acceptors (Lipinski definition) is 4. The first-order chi connectivity index (χ1) is 15.4. The van der Waals surface area contributed by atoms with E-state index in [1.165, 1.54) is 0 Å². The molecule has 2 N–H and O–H groups in total. The molecule has 0 atom stereocenters. The first-order valence-corrected chi connectivity index (χ1v) is 11.7. The van der Waals surface area contributed by atoms with E-state index in [2.05, 4.69) is 47.8 Å². The van der Waals surface area contributed by atoms with E-state index < -0.39 is 0 Å². The highest BCUT2D eigenvalue weighted by Crippen LogP contribution is 2.30. The topological polar surface area (TPSA) is 57.3 Å². The standard InChI is InChI=1S/C25H28Cl2N4O/c1-31(2)22-14-23(30-21-9-4-3-6-18(21)22)29-17-12-10-16(11-13-17)15-28-25(32)24-19(26)7-5-8-20(24)27/h3-9,14,16-17H,10-13,15H2,1-2H3,(H,28,32)(H,29,30)/t16-,17+. The molecule has 1 saturated carbocycles. The summed E-state index contributed by atoms with van der Waals surface area (Å²) in [4.78, 5) is 19.5. The van der Waals surface area contributed by atoms with Gasteiger partial charge < -0.3 is 15.5 Å². The Bertz CT molecular complexity index is 1090. The molecule has 168 valence electrons. The maximum atomic E-state index is 12.5. The predicted octanol–water partition coefficient (Wildman–Crippen LogP) is 6.01. The summed E-state index contributed by atoms with van der Waals surface area (Å²) >= 11 is 12.3. The summed E-state index contributed by atoms with van der Waals surface area (Å²) in [5.41, 5.74) is 2.51. The van der Waals surface area contributed by atoms with Crippen LogP contribution in [-0.2, 0) is 0 Å². The predicted molar refractivity (Wildman–Crippen MR) is 134 cm³/mol. The van der Waals surface area contributed by atoms with E-state index in [-0.39, 0.29) is 5.91 Å². The van der Waals surface area contributed by atoms with Gasteiger partial charge in [-0.25, -0.2) is 4.98 Å². The van der Waals surface area contributed by atoms with E-state index in [1.807, 2.05) is 12.1 Å². The molecule has 0 bridgehead atoms. The van der Waals surface area contributed by atoms with Gasteiger partial charge in [0, 0.05) is 43.8 Å². The quantitative estimate of drug-likeness (QED) is 0.463. The summed E-state index contributed by atoms with van der Waals surface area (Å²) in [6, 6.07) is 15.8. The zero-order valence-electron chi connectivity index (χ0n) is 18.4. The van der Waals surface area contributed by atoms with Crippen LogP contribution < -0.4 is 15.5 Å². The molecule has 1 fully saturated rings. The molecule has 1 aromatic heterocycles. The number of benzene rings is 2. The van der Waals surface area contributed by atoms with Gasteiger partial charge in [0.05, 0.1) is 21.1 Å². The average molecular weight is 471 g/mol. The first kappa shape index (κ1) is 22.7. The molecule has 4 rings (SSSR count). The van der Waals surface area contributed by atoms with Gasteiger partial charge in [0.25, 0.3) is 5.91 Å². The van der Waals surface area contributed by atoms with Gasteiger partial charge in [-0.3, -0.25) is 4.79 Å². The number of nitrogens with one attached hydrogen (secondary N) is 2. The lowest BCUT2D eigenvalue weighted by Crippen LogP contribution is -2.34. The molecule has 0 unspecified atom stereocenters. The van der Waals surface area contributed by atoms with Crippen molar-refractivity contribution in [3.63, 3.8) is 0 Å². The van der Waals surface area contributed by atoms with Gasteiger partial charge in [0.2, 0.25) is 0 Å². The van der Waals surface area contributed by atoms with Crippen LogP contribution in [0.3, 0.4) is 0 Å². The molecule has 5 nitrogen and oxygen atoms in total. The summed E-state index contributed by atoms with van der Waals surface area (Å²) in [6.45, 7) is 0.631. The second-order valence-corrected chi connectivity index (χ2v) is 9.42. The normalized spacial score (nSPS) is 18.4.